The minimum atomic E-state index is 0.311. The zero-order chi connectivity index (χ0) is 14.4. The van der Waals surface area contributed by atoms with Crippen LogP contribution in [0.25, 0.3) is 0 Å². The molecule has 0 radical (unpaired) electrons. The molecule has 2 rings (SSSR count). The van der Waals surface area contributed by atoms with Gasteiger partial charge in [0.05, 0.1) is 12.1 Å². The molecule has 0 spiro atoms. The summed E-state index contributed by atoms with van der Waals surface area (Å²) in [5.41, 5.74) is 1.33. The smallest absolute Gasteiger partial charge is 0.108 e. The van der Waals surface area contributed by atoms with E-state index in [9.17, 15) is 0 Å². The van der Waals surface area contributed by atoms with Gasteiger partial charge >= 0.3 is 0 Å². The first-order valence-corrected chi connectivity index (χ1v) is 7.58. The fourth-order valence-electron chi connectivity index (χ4n) is 2.74. The van der Waals surface area contributed by atoms with Crippen molar-refractivity contribution in [2.75, 3.05) is 6.54 Å². The van der Waals surface area contributed by atoms with Crippen LogP contribution >= 0.6 is 0 Å². The largest absolute Gasteiger partial charge is 0.330 e. The third-order valence-corrected chi connectivity index (χ3v) is 3.73. The van der Waals surface area contributed by atoms with Gasteiger partial charge in [-0.3, -0.25) is 0 Å². The monoisotopic (exact) mass is 271 g/mol. The van der Waals surface area contributed by atoms with Crippen LogP contribution in [0.2, 0.25) is 0 Å². The van der Waals surface area contributed by atoms with E-state index in [1.165, 1.54) is 11.4 Å². The van der Waals surface area contributed by atoms with E-state index < -0.39 is 0 Å². The van der Waals surface area contributed by atoms with E-state index in [2.05, 4.69) is 72.2 Å². The van der Waals surface area contributed by atoms with Crippen molar-refractivity contribution in [2.24, 2.45) is 0 Å². The summed E-state index contributed by atoms with van der Waals surface area (Å²) < 4.78 is 2.31. The number of nitrogens with one attached hydrogen (secondary N) is 1. The van der Waals surface area contributed by atoms with Gasteiger partial charge in [0.1, 0.15) is 5.82 Å². The second-order valence-corrected chi connectivity index (χ2v) is 5.19. The lowest BCUT2D eigenvalue weighted by Crippen LogP contribution is -2.29. The highest BCUT2D eigenvalue weighted by Crippen LogP contribution is 2.27. The van der Waals surface area contributed by atoms with Crippen molar-refractivity contribution in [3.05, 3.63) is 54.1 Å². The number of rotatable bonds is 7. The van der Waals surface area contributed by atoms with Crippen LogP contribution in [0, 0.1) is 0 Å². The summed E-state index contributed by atoms with van der Waals surface area (Å²) in [6.07, 6.45) is 6.17. The zero-order valence-electron chi connectivity index (χ0n) is 12.7. The molecule has 0 bridgehead atoms. The van der Waals surface area contributed by atoms with Crippen molar-refractivity contribution in [3.63, 3.8) is 0 Å². The van der Waals surface area contributed by atoms with E-state index >= 15 is 0 Å². The number of likely N-dealkylation sites (N-methyl/N-ethyl adjacent to an activating group) is 1. The van der Waals surface area contributed by atoms with Gasteiger partial charge in [-0.15, -0.1) is 0 Å². The maximum absolute atomic E-state index is 4.50. The lowest BCUT2D eigenvalue weighted by atomic mass is 10.00. The molecule has 0 amide bonds. The van der Waals surface area contributed by atoms with E-state index in [1.54, 1.807) is 0 Å². The summed E-state index contributed by atoms with van der Waals surface area (Å²) in [7, 11) is 0. The fourth-order valence-corrected chi connectivity index (χ4v) is 2.74. The molecule has 0 aliphatic carbocycles. The third-order valence-electron chi connectivity index (χ3n) is 3.73. The lowest BCUT2D eigenvalue weighted by molar-refractivity contribution is 0.376. The van der Waals surface area contributed by atoms with Crippen LogP contribution in [-0.2, 0) is 6.42 Å². The molecule has 2 unspecified atom stereocenters. The number of aryl methyl sites for hydroxylation is 1. The van der Waals surface area contributed by atoms with Gasteiger partial charge in [-0.2, -0.15) is 0 Å². The molecular formula is C17H25N3. The molecule has 108 valence electrons. The minimum Gasteiger partial charge on any atom is -0.330 e. The van der Waals surface area contributed by atoms with Crippen LogP contribution in [0.4, 0.5) is 0 Å². The molecule has 2 atom stereocenters. The SMILES string of the molecule is CCCc1nccn1C(C)C(NCC)c1ccccc1. The topological polar surface area (TPSA) is 29.9 Å². The first kappa shape index (κ1) is 14.8. The third kappa shape index (κ3) is 3.28. The highest BCUT2D eigenvalue weighted by atomic mass is 15.1. The zero-order valence-corrected chi connectivity index (χ0v) is 12.7. The van der Waals surface area contributed by atoms with Gasteiger partial charge in [-0.05, 0) is 25.5 Å². The Balaban J connectivity index is 2.27. The number of nitrogens with zero attached hydrogens (tertiary/aromatic N) is 2. The van der Waals surface area contributed by atoms with Gasteiger partial charge in [-0.25, -0.2) is 4.98 Å². The molecule has 1 aromatic heterocycles. The first-order valence-electron chi connectivity index (χ1n) is 7.58. The number of benzene rings is 1. The van der Waals surface area contributed by atoms with Gasteiger partial charge in [-0.1, -0.05) is 44.2 Å². The maximum atomic E-state index is 4.50. The van der Waals surface area contributed by atoms with Gasteiger partial charge in [0.2, 0.25) is 0 Å². The van der Waals surface area contributed by atoms with E-state index in [4.69, 9.17) is 0 Å². The lowest BCUT2D eigenvalue weighted by Gasteiger charge is -2.27. The molecular weight excluding hydrogens is 246 g/mol. The highest BCUT2D eigenvalue weighted by Gasteiger charge is 2.21. The number of hydrogen-bond donors (Lipinski definition) is 1. The van der Waals surface area contributed by atoms with E-state index in [0.29, 0.717) is 12.1 Å². The summed E-state index contributed by atoms with van der Waals surface area (Å²) >= 11 is 0. The first-order chi connectivity index (χ1) is 9.77. The number of aromatic nitrogens is 2. The molecule has 0 saturated heterocycles. The van der Waals surface area contributed by atoms with Crippen LogP contribution in [0.3, 0.4) is 0 Å². The Hall–Kier alpha value is -1.61. The summed E-state index contributed by atoms with van der Waals surface area (Å²) in [5, 5.41) is 3.61. The molecule has 0 fully saturated rings. The molecule has 0 saturated carbocycles. The van der Waals surface area contributed by atoms with Gasteiger partial charge < -0.3 is 9.88 Å². The molecule has 3 nitrogen and oxygen atoms in total. The number of hydrogen-bond acceptors (Lipinski definition) is 2. The van der Waals surface area contributed by atoms with Crippen molar-refractivity contribution < 1.29 is 0 Å². The standard InChI is InChI=1S/C17H25N3/c1-4-9-16-19-12-13-20(16)14(3)17(18-5-2)15-10-7-6-8-11-15/h6-8,10-14,17-18H,4-5,9H2,1-3H3. The summed E-state index contributed by atoms with van der Waals surface area (Å²) in [4.78, 5) is 4.50. The number of imidazole rings is 1. The van der Waals surface area contributed by atoms with E-state index in [0.717, 1.165) is 19.4 Å². The van der Waals surface area contributed by atoms with Crippen LogP contribution in [-0.4, -0.2) is 16.1 Å². The van der Waals surface area contributed by atoms with Gasteiger partial charge in [0.25, 0.3) is 0 Å². The Morgan fingerprint density at radius 2 is 1.95 bits per heavy atom. The van der Waals surface area contributed by atoms with Crippen LogP contribution in [0.15, 0.2) is 42.7 Å². The van der Waals surface area contributed by atoms with Crippen molar-refractivity contribution in [1.29, 1.82) is 0 Å². The van der Waals surface area contributed by atoms with Crippen LogP contribution in [0.1, 0.15) is 50.7 Å². The normalized spacial score (nSPS) is 14.2. The van der Waals surface area contributed by atoms with Gasteiger partial charge in [0.15, 0.2) is 0 Å². The molecule has 3 heteroatoms. The minimum absolute atomic E-state index is 0.311. The summed E-state index contributed by atoms with van der Waals surface area (Å²) in [6.45, 7) is 7.58. The van der Waals surface area contributed by atoms with Crippen molar-refractivity contribution in [3.8, 4) is 0 Å². The molecule has 0 aliphatic rings. The molecule has 1 heterocycles. The average Bonchev–Trinajstić information content (AvgIpc) is 2.94. The van der Waals surface area contributed by atoms with Crippen molar-refractivity contribution >= 4 is 0 Å². The molecule has 20 heavy (non-hydrogen) atoms. The Bertz CT molecular complexity index is 504. The summed E-state index contributed by atoms with van der Waals surface area (Å²) in [5.74, 6) is 1.18. The Morgan fingerprint density at radius 1 is 1.20 bits per heavy atom. The van der Waals surface area contributed by atoms with Crippen molar-refractivity contribution in [1.82, 2.24) is 14.9 Å². The second-order valence-electron chi connectivity index (χ2n) is 5.19. The van der Waals surface area contributed by atoms with Crippen LogP contribution in [0.5, 0.6) is 0 Å². The van der Waals surface area contributed by atoms with Gasteiger partial charge in [0, 0.05) is 18.8 Å². The highest BCUT2D eigenvalue weighted by molar-refractivity contribution is 5.20. The van der Waals surface area contributed by atoms with Crippen molar-refractivity contribution in [2.45, 2.75) is 45.7 Å². The second kappa shape index (κ2) is 7.25. The maximum Gasteiger partial charge on any atom is 0.108 e. The van der Waals surface area contributed by atoms with E-state index in [-0.39, 0.29) is 0 Å². The quantitative estimate of drug-likeness (QED) is 0.831. The van der Waals surface area contributed by atoms with E-state index in [1.807, 2.05) is 6.20 Å². The Labute approximate surface area is 122 Å². The predicted molar refractivity (Wildman–Crippen MR) is 83.8 cm³/mol. The molecule has 2 aromatic rings. The summed E-state index contributed by atoms with van der Waals surface area (Å²) in [6, 6.07) is 11.3. The molecule has 1 aromatic carbocycles. The molecule has 1 N–H and O–H groups in total. The Morgan fingerprint density at radius 3 is 2.60 bits per heavy atom. The fraction of sp³-hybridized carbons (Fsp3) is 0.471. The average molecular weight is 271 g/mol. The Kier molecular flexibility index (Phi) is 5.36. The van der Waals surface area contributed by atoms with Crippen LogP contribution < -0.4 is 5.32 Å². The predicted octanol–water partition coefficient (Wildman–Crippen LogP) is 3.75. The molecule has 0 aliphatic heterocycles.